The largest absolute Gasteiger partial charge is 0.494 e. The molecular weight excluding hydrogens is 596 g/mol. The minimum Gasteiger partial charge on any atom is -0.494 e. The number of carbonyl (C=O) groups is 1. The van der Waals surface area contributed by atoms with Gasteiger partial charge in [0, 0.05) is 36.6 Å². The van der Waals surface area contributed by atoms with E-state index in [4.69, 9.17) is 31.2 Å². The molecule has 0 spiro atoms. The number of hydrogen-bond donors (Lipinski definition) is 2. The number of amides is 1. The highest BCUT2D eigenvalue weighted by Crippen LogP contribution is 2.43. The lowest BCUT2D eigenvalue weighted by Crippen LogP contribution is -2.49. The van der Waals surface area contributed by atoms with Crippen molar-refractivity contribution in [2.45, 2.75) is 31.0 Å². The second-order valence-electron chi connectivity index (χ2n) is 11.2. The summed E-state index contributed by atoms with van der Waals surface area (Å²) >= 11 is 6.10. The average molecular weight is 631 g/mol. The van der Waals surface area contributed by atoms with Gasteiger partial charge in [0.25, 0.3) is 5.91 Å². The fourth-order valence-corrected chi connectivity index (χ4v) is 5.73. The van der Waals surface area contributed by atoms with Crippen molar-refractivity contribution in [2.75, 3.05) is 13.2 Å². The van der Waals surface area contributed by atoms with Crippen LogP contribution >= 0.6 is 11.6 Å². The summed E-state index contributed by atoms with van der Waals surface area (Å²) in [6, 6.07) is 43.1. The van der Waals surface area contributed by atoms with Crippen molar-refractivity contribution < 1.29 is 19.4 Å². The fraction of sp³-hybridized carbons (Fsp3) is 0.179. The molecule has 7 heteroatoms. The SMILES string of the molecule is O=C(NCc1ccc(Cl)cc1)[C@]1(Cc2ccccc2)N=C(c2ccc(OCCCO)cc2)O[C@@H]1c1ccc(-c2ccccc2)cc1. The Morgan fingerprint density at radius 2 is 1.41 bits per heavy atom. The molecule has 0 radical (unpaired) electrons. The monoisotopic (exact) mass is 630 g/mol. The third kappa shape index (κ3) is 7.15. The molecule has 0 aromatic heterocycles. The van der Waals surface area contributed by atoms with E-state index in [1.54, 1.807) is 0 Å². The van der Waals surface area contributed by atoms with E-state index >= 15 is 0 Å². The molecule has 232 valence electrons. The lowest BCUT2D eigenvalue weighted by molar-refractivity contribution is -0.129. The third-order valence-corrected chi connectivity index (χ3v) is 8.29. The first-order valence-electron chi connectivity index (χ1n) is 15.4. The van der Waals surface area contributed by atoms with Gasteiger partial charge >= 0.3 is 0 Å². The van der Waals surface area contributed by atoms with Gasteiger partial charge in [0.2, 0.25) is 5.90 Å². The predicted octanol–water partition coefficient (Wildman–Crippen LogP) is 7.58. The van der Waals surface area contributed by atoms with E-state index in [0.717, 1.165) is 33.4 Å². The van der Waals surface area contributed by atoms with Crippen LogP contribution in [-0.2, 0) is 22.5 Å². The van der Waals surface area contributed by atoms with Crippen LogP contribution in [0.3, 0.4) is 0 Å². The van der Waals surface area contributed by atoms with Crippen molar-refractivity contribution in [1.82, 2.24) is 5.32 Å². The smallest absolute Gasteiger partial charge is 0.252 e. The van der Waals surface area contributed by atoms with Crippen molar-refractivity contribution in [2.24, 2.45) is 4.99 Å². The first-order chi connectivity index (χ1) is 22.5. The molecule has 0 fully saturated rings. The second kappa shape index (κ2) is 14.5. The van der Waals surface area contributed by atoms with Gasteiger partial charge in [0.05, 0.1) is 6.61 Å². The highest BCUT2D eigenvalue weighted by Gasteiger charge is 2.53. The molecule has 0 unspecified atom stereocenters. The molecule has 0 saturated heterocycles. The summed E-state index contributed by atoms with van der Waals surface area (Å²) in [5.74, 6) is 0.833. The predicted molar refractivity (Wildman–Crippen MR) is 182 cm³/mol. The molecule has 0 bridgehead atoms. The highest BCUT2D eigenvalue weighted by atomic mass is 35.5. The maximum absolute atomic E-state index is 14.5. The number of nitrogens with one attached hydrogen (secondary N) is 1. The molecular formula is C39H35ClN2O4. The average Bonchev–Trinajstić information content (AvgIpc) is 3.49. The molecule has 46 heavy (non-hydrogen) atoms. The molecule has 1 heterocycles. The van der Waals surface area contributed by atoms with Gasteiger partial charge in [-0.2, -0.15) is 0 Å². The number of carbonyl (C=O) groups excluding carboxylic acids is 1. The van der Waals surface area contributed by atoms with Crippen molar-refractivity contribution in [3.63, 3.8) is 0 Å². The van der Waals surface area contributed by atoms with E-state index in [1.165, 1.54) is 0 Å². The van der Waals surface area contributed by atoms with Gasteiger partial charge in [-0.3, -0.25) is 4.79 Å². The standard InChI is InChI=1S/C39H35ClN2O4/c40-34-20-12-29(13-21-34)27-41-38(44)39(26-28-8-3-1-4-9-28)36(32-16-14-31(15-17-32)30-10-5-2-6-11-30)46-37(42-39)33-18-22-35(23-19-33)45-25-7-24-43/h1-6,8-23,36,43H,7,24-27H2,(H,41,44)/t36-,39-/m1/s1. The number of aliphatic hydroxyl groups is 1. The number of aliphatic hydroxyl groups excluding tert-OH is 1. The van der Waals surface area contributed by atoms with Gasteiger partial charge in [0.1, 0.15) is 5.75 Å². The Balaban J connectivity index is 1.39. The Morgan fingerprint density at radius 3 is 2.09 bits per heavy atom. The minimum absolute atomic E-state index is 0.0695. The zero-order valence-corrected chi connectivity index (χ0v) is 26.1. The normalized spacial score (nSPS) is 17.2. The number of rotatable bonds is 12. The Bertz CT molecular complexity index is 1760. The van der Waals surface area contributed by atoms with Gasteiger partial charge in [-0.25, -0.2) is 4.99 Å². The van der Waals surface area contributed by atoms with E-state index in [-0.39, 0.29) is 12.5 Å². The van der Waals surface area contributed by atoms with Gasteiger partial charge in [-0.1, -0.05) is 109 Å². The van der Waals surface area contributed by atoms with Gasteiger partial charge in [0.15, 0.2) is 11.6 Å². The second-order valence-corrected chi connectivity index (χ2v) is 11.7. The molecule has 5 aromatic carbocycles. The fourth-order valence-electron chi connectivity index (χ4n) is 5.61. The first kappa shape index (κ1) is 31.1. The van der Waals surface area contributed by atoms with Crippen molar-refractivity contribution in [3.05, 3.63) is 161 Å². The van der Waals surface area contributed by atoms with Crippen LogP contribution in [0.5, 0.6) is 5.75 Å². The zero-order valence-electron chi connectivity index (χ0n) is 25.3. The minimum atomic E-state index is -1.30. The quantitative estimate of drug-likeness (QED) is 0.139. The van der Waals surface area contributed by atoms with Crippen LogP contribution in [0.4, 0.5) is 0 Å². The van der Waals surface area contributed by atoms with Crippen LogP contribution in [0.25, 0.3) is 11.1 Å². The van der Waals surface area contributed by atoms with Crippen molar-refractivity contribution >= 4 is 23.4 Å². The van der Waals surface area contributed by atoms with Crippen LogP contribution in [0.1, 0.15) is 34.8 Å². The molecule has 1 aliphatic heterocycles. The van der Waals surface area contributed by atoms with Crippen molar-refractivity contribution in [1.29, 1.82) is 0 Å². The van der Waals surface area contributed by atoms with Gasteiger partial charge in [-0.15, -0.1) is 0 Å². The number of halogens is 1. The Hall–Kier alpha value is -4.91. The Morgan fingerprint density at radius 1 is 0.783 bits per heavy atom. The number of benzene rings is 5. The molecule has 2 atom stereocenters. The molecule has 1 aliphatic rings. The Labute approximate surface area is 274 Å². The lowest BCUT2D eigenvalue weighted by Gasteiger charge is -2.31. The van der Waals surface area contributed by atoms with Gasteiger partial charge in [-0.05, 0) is 64.2 Å². The Kier molecular flexibility index (Phi) is 9.77. The van der Waals surface area contributed by atoms with Crippen LogP contribution in [0, 0.1) is 0 Å². The summed E-state index contributed by atoms with van der Waals surface area (Å²) in [5, 5.41) is 12.9. The molecule has 5 aromatic rings. The molecule has 1 amide bonds. The summed E-state index contributed by atoms with van der Waals surface area (Å²) in [7, 11) is 0. The van der Waals surface area contributed by atoms with Crippen LogP contribution in [0.15, 0.2) is 138 Å². The zero-order chi connectivity index (χ0) is 31.8. The molecule has 6 nitrogen and oxygen atoms in total. The third-order valence-electron chi connectivity index (χ3n) is 8.03. The molecule has 6 rings (SSSR count). The number of nitrogens with zero attached hydrogens (tertiary/aromatic N) is 1. The van der Waals surface area contributed by atoms with E-state index in [0.29, 0.717) is 42.7 Å². The maximum atomic E-state index is 14.5. The van der Waals surface area contributed by atoms with Crippen LogP contribution in [0.2, 0.25) is 5.02 Å². The summed E-state index contributed by atoms with van der Waals surface area (Å²) in [4.78, 5) is 19.6. The number of aliphatic imine (C=N–C) groups is 1. The summed E-state index contributed by atoms with van der Waals surface area (Å²) in [5.41, 5.74) is 4.36. The first-order valence-corrected chi connectivity index (χ1v) is 15.7. The topological polar surface area (TPSA) is 80.2 Å². The van der Waals surface area contributed by atoms with E-state index in [2.05, 4.69) is 29.6 Å². The van der Waals surface area contributed by atoms with Crippen molar-refractivity contribution in [3.8, 4) is 16.9 Å². The molecule has 0 aliphatic carbocycles. The number of ether oxygens (including phenoxy) is 2. The summed E-state index contributed by atoms with van der Waals surface area (Å²) in [6.07, 6.45) is 0.186. The summed E-state index contributed by atoms with van der Waals surface area (Å²) in [6.45, 7) is 0.805. The van der Waals surface area contributed by atoms with Gasteiger partial charge < -0.3 is 19.9 Å². The highest BCUT2D eigenvalue weighted by molar-refractivity contribution is 6.30. The lowest BCUT2D eigenvalue weighted by atomic mass is 9.81. The van der Waals surface area contributed by atoms with E-state index < -0.39 is 11.6 Å². The molecule has 0 saturated carbocycles. The molecule has 2 N–H and O–H groups in total. The number of hydrogen-bond acceptors (Lipinski definition) is 5. The maximum Gasteiger partial charge on any atom is 0.252 e. The van der Waals surface area contributed by atoms with E-state index in [9.17, 15) is 4.79 Å². The van der Waals surface area contributed by atoms with E-state index in [1.807, 2.05) is 109 Å². The van der Waals surface area contributed by atoms with Crippen LogP contribution in [-0.4, -0.2) is 35.7 Å². The summed E-state index contributed by atoms with van der Waals surface area (Å²) < 4.78 is 12.4. The van der Waals surface area contributed by atoms with Crippen LogP contribution < -0.4 is 10.1 Å².